The van der Waals surface area contributed by atoms with E-state index < -0.39 is 17.3 Å². The standard InChI is InChI=1S/C24H27F4NO2/c1-31-23(18-4-2-5-19(16-18)24(26,27)28)13-11-21(12-14-23)29-15-3-6-22(30)17-7-9-20(25)10-8-17/h2,4-5,7-10,16,21,29H,3,6,11-15H2,1H3. The lowest BCUT2D eigenvalue weighted by Gasteiger charge is -2.40. The normalized spacial score (nSPS) is 21.8. The molecular formula is C24H27F4NO2. The van der Waals surface area contributed by atoms with Crippen LogP contribution in [0.5, 0.6) is 0 Å². The van der Waals surface area contributed by atoms with E-state index in [-0.39, 0.29) is 17.6 Å². The predicted molar refractivity (Wildman–Crippen MR) is 110 cm³/mol. The van der Waals surface area contributed by atoms with E-state index >= 15 is 0 Å². The van der Waals surface area contributed by atoms with Gasteiger partial charge < -0.3 is 10.1 Å². The molecule has 1 aliphatic rings. The van der Waals surface area contributed by atoms with E-state index in [1.54, 1.807) is 13.2 Å². The third-order valence-electron chi connectivity index (χ3n) is 6.08. The summed E-state index contributed by atoms with van der Waals surface area (Å²) in [6.45, 7) is 0.668. The number of ketones is 1. The van der Waals surface area contributed by atoms with Gasteiger partial charge in [0, 0.05) is 25.1 Å². The number of carbonyl (C=O) groups is 1. The Kier molecular flexibility index (Phi) is 7.49. The van der Waals surface area contributed by atoms with Crippen molar-refractivity contribution in [3.63, 3.8) is 0 Å². The van der Waals surface area contributed by atoms with E-state index in [0.717, 1.165) is 18.9 Å². The lowest BCUT2D eigenvalue weighted by Crippen LogP contribution is -2.41. The van der Waals surface area contributed by atoms with Crippen LogP contribution < -0.4 is 5.32 Å². The van der Waals surface area contributed by atoms with Crippen molar-refractivity contribution in [3.8, 4) is 0 Å². The Labute approximate surface area is 179 Å². The predicted octanol–water partition coefficient (Wildman–Crippen LogP) is 5.88. The van der Waals surface area contributed by atoms with E-state index in [4.69, 9.17) is 4.74 Å². The van der Waals surface area contributed by atoms with Gasteiger partial charge in [0.15, 0.2) is 5.78 Å². The number of benzene rings is 2. The van der Waals surface area contributed by atoms with Crippen molar-refractivity contribution >= 4 is 5.78 Å². The molecule has 0 saturated heterocycles. The van der Waals surface area contributed by atoms with Crippen molar-refractivity contribution in [2.75, 3.05) is 13.7 Å². The van der Waals surface area contributed by atoms with Gasteiger partial charge in [-0.3, -0.25) is 4.79 Å². The maximum absolute atomic E-state index is 13.1. The average molecular weight is 437 g/mol. The Morgan fingerprint density at radius 3 is 2.42 bits per heavy atom. The summed E-state index contributed by atoms with van der Waals surface area (Å²) in [7, 11) is 1.55. The molecule has 0 amide bonds. The molecule has 1 aliphatic carbocycles. The summed E-state index contributed by atoms with van der Waals surface area (Å²) in [5.74, 6) is -0.388. The van der Waals surface area contributed by atoms with Crippen LogP contribution in [-0.2, 0) is 16.5 Å². The zero-order valence-electron chi connectivity index (χ0n) is 17.5. The highest BCUT2D eigenvalue weighted by Gasteiger charge is 2.39. The van der Waals surface area contributed by atoms with Gasteiger partial charge >= 0.3 is 6.18 Å². The fourth-order valence-corrected chi connectivity index (χ4v) is 4.21. The first-order valence-electron chi connectivity index (χ1n) is 10.5. The molecule has 168 valence electrons. The maximum Gasteiger partial charge on any atom is 0.416 e. The average Bonchev–Trinajstić information content (AvgIpc) is 2.77. The number of ether oxygens (including phenoxy) is 1. The van der Waals surface area contributed by atoms with Crippen LogP contribution in [0.1, 0.15) is 60.0 Å². The molecule has 0 unspecified atom stereocenters. The minimum Gasteiger partial charge on any atom is -0.374 e. The van der Waals surface area contributed by atoms with E-state index in [1.807, 2.05) is 0 Å². The second-order valence-corrected chi connectivity index (χ2v) is 8.04. The number of hydrogen-bond acceptors (Lipinski definition) is 3. The van der Waals surface area contributed by atoms with Crippen LogP contribution in [0.25, 0.3) is 0 Å². The van der Waals surface area contributed by atoms with E-state index in [0.29, 0.717) is 43.4 Å². The Balaban J connectivity index is 1.48. The Morgan fingerprint density at radius 1 is 1.13 bits per heavy atom. The fraction of sp³-hybridized carbons (Fsp3) is 0.458. The first kappa shape index (κ1) is 23.4. The second-order valence-electron chi connectivity index (χ2n) is 8.04. The lowest BCUT2D eigenvalue weighted by atomic mass is 9.77. The molecule has 7 heteroatoms. The number of hydrogen-bond donors (Lipinski definition) is 1. The molecule has 1 saturated carbocycles. The van der Waals surface area contributed by atoms with Crippen LogP contribution in [0, 0.1) is 5.82 Å². The second kappa shape index (κ2) is 9.92. The van der Waals surface area contributed by atoms with Crippen LogP contribution in [0.15, 0.2) is 48.5 Å². The summed E-state index contributed by atoms with van der Waals surface area (Å²) in [5.41, 5.74) is -0.302. The number of Topliss-reactive ketones (excluding diaryl/α,β-unsaturated/α-hetero) is 1. The molecule has 3 nitrogen and oxygen atoms in total. The molecule has 2 aromatic carbocycles. The molecule has 0 radical (unpaired) electrons. The molecule has 2 aromatic rings. The minimum atomic E-state index is -4.38. The number of methoxy groups -OCH3 is 1. The van der Waals surface area contributed by atoms with Crippen molar-refractivity contribution in [1.82, 2.24) is 5.32 Å². The molecule has 1 N–H and O–H groups in total. The number of halogens is 4. The van der Waals surface area contributed by atoms with E-state index in [9.17, 15) is 22.4 Å². The molecule has 0 bridgehead atoms. The summed E-state index contributed by atoms with van der Waals surface area (Å²) in [6.07, 6.45) is -0.553. The molecule has 0 spiro atoms. The van der Waals surface area contributed by atoms with Crippen molar-refractivity contribution in [3.05, 3.63) is 71.0 Å². The van der Waals surface area contributed by atoms with Gasteiger partial charge in [0.25, 0.3) is 0 Å². The van der Waals surface area contributed by atoms with Gasteiger partial charge in [-0.25, -0.2) is 4.39 Å². The number of nitrogens with one attached hydrogen (secondary N) is 1. The van der Waals surface area contributed by atoms with Gasteiger partial charge in [-0.05, 0) is 80.6 Å². The van der Waals surface area contributed by atoms with Crippen LogP contribution in [0.4, 0.5) is 17.6 Å². The highest BCUT2D eigenvalue weighted by atomic mass is 19.4. The number of carbonyl (C=O) groups excluding carboxylic acids is 1. The van der Waals surface area contributed by atoms with Gasteiger partial charge in [-0.15, -0.1) is 0 Å². The molecular weight excluding hydrogens is 410 g/mol. The molecule has 0 aromatic heterocycles. The van der Waals surface area contributed by atoms with Crippen molar-refractivity contribution < 1.29 is 27.1 Å². The van der Waals surface area contributed by atoms with Crippen molar-refractivity contribution in [2.24, 2.45) is 0 Å². The number of rotatable bonds is 8. The fourth-order valence-electron chi connectivity index (χ4n) is 4.21. The van der Waals surface area contributed by atoms with Crippen molar-refractivity contribution in [2.45, 2.75) is 56.3 Å². The Hall–Kier alpha value is -2.25. The van der Waals surface area contributed by atoms with Crippen LogP contribution >= 0.6 is 0 Å². The highest BCUT2D eigenvalue weighted by molar-refractivity contribution is 5.95. The Bertz CT molecular complexity index is 872. The third kappa shape index (κ3) is 5.92. The molecule has 31 heavy (non-hydrogen) atoms. The van der Waals surface area contributed by atoms with E-state index in [2.05, 4.69) is 5.32 Å². The summed E-state index contributed by atoms with van der Waals surface area (Å²) in [4.78, 5) is 12.1. The molecule has 0 aliphatic heterocycles. The van der Waals surface area contributed by atoms with Crippen LogP contribution in [0.3, 0.4) is 0 Å². The SMILES string of the molecule is COC1(c2cccc(C(F)(F)F)c2)CCC(NCCCC(=O)c2ccc(F)cc2)CC1. The van der Waals surface area contributed by atoms with E-state index in [1.165, 1.54) is 36.4 Å². The van der Waals surface area contributed by atoms with Crippen molar-refractivity contribution in [1.29, 1.82) is 0 Å². The zero-order valence-corrected chi connectivity index (χ0v) is 17.5. The van der Waals surface area contributed by atoms with Gasteiger partial charge in [0.2, 0.25) is 0 Å². The smallest absolute Gasteiger partial charge is 0.374 e. The summed E-state index contributed by atoms with van der Waals surface area (Å²) >= 11 is 0. The highest BCUT2D eigenvalue weighted by Crippen LogP contribution is 2.42. The maximum atomic E-state index is 13.1. The molecule has 0 atom stereocenters. The van der Waals surface area contributed by atoms with Crippen LogP contribution in [0.2, 0.25) is 0 Å². The topological polar surface area (TPSA) is 38.3 Å². The summed E-state index contributed by atoms with van der Waals surface area (Å²) in [6, 6.07) is 11.2. The quantitative estimate of drug-likeness (QED) is 0.318. The van der Waals surface area contributed by atoms with Gasteiger partial charge in [-0.1, -0.05) is 12.1 Å². The summed E-state index contributed by atoms with van der Waals surface area (Å²) < 4.78 is 57.9. The molecule has 3 rings (SSSR count). The number of alkyl halides is 3. The lowest BCUT2D eigenvalue weighted by molar-refractivity contribution is -0.137. The minimum absolute atomic E-state index is 0.0200. The zero-order chi connectivity index (χ0) is 22.5. The third-order valence-corrected chi connectivity index (χ3v) is 6.08. The van der Waals surface area contributed by atoms with Gasteiger partial charge in [0.1, 0.15) is 5.82 Å². The first-order chi connectivity index (χ1) is 14.7. The summed E-state index contributed by atoms with van der Waals surface area (Å²) in [5, 5.41) is 3.44. The first-order valence-corrected chi connectivity index (χ1v) is 10.5. The molecule has 1 fully saturated rings. The van der Waals surface area contributed by atoms with Crippen LogP contribution in [-0.4, -0.2) is 25.5 Å². The van der Waals surface area contributed by atoms with Gasteiger partial charge in [-0.2, -0.15) is 13.2 Å². The monoisotopic (exact) mass is 437 g/mol. The van der Waals surface area contributed by atoms with Gasteiger partial charge in [0.05, 0.1) is 11.2 Å². The molecule has 0 heterocycles. The Morgan fingerprint density at radius 2 is 1.81 bits per heavy atom. The largest absolute Gasteiger partial charge is 0.416 e.